The molecule has 1 aliphatic rings. The molecule has 1 fully saturated rings. The molecule has 7 heteroatoms. The number of amides is 1. The molecule has 0 saturated carbocycles. The molecule has 0 unspecified atom stereocenters. The van der Waals surface area contributed by atoms with Gasteiger partial charge in [0.2, 0.25) is 15.9 Å². The van der Waals surface area contributed by atoms with Crippen molar-refractivity contribution < 1.29 is 13.2 Å². The molecule has 1 N–H and O–H groups in total. The first kappa shape index (κ1) is 19.9. The van der Waals surface area contributed by atoms with Crippen molar-refractivity contribution >= 4 is 26.8 Å². The lowest BCUT2D eigenvalue weighted by atomic mass is 10.2. The summed E-state index contributed by atoms with van der Waals surface area (Å²) in [5, 5.41) is 3.77. The van der Waals surface area contributed by atoms with Gasteiger partial charge in [-0.25, -0.2) is 8.42 Å². The van der Waals surface area contributed by atoms with Crippen LogP contribution < -0.4 is 5.32 Å². The Balaban J connectivity index is 1.77. The maximum absolute atomic E-state index is 13.0. The Kier molecular flexibility index (Phi) is 6.22. The van der Waals surface area contributed by atoms with Crippen LogP contribution in [0.1, 0.15) is 46.0 Å². The molecule has 3 rings (SSSR count). The van der Waals surface area contributed by atoms with Gasteiger partial charge in [-0.1, -0.05) is 12.8 Å². The number of nitrogens with zero attached hydrogens (tertiary/aromatic N) is 2. The third-order valence-electron chi connectivity index (χ3n) is 4.97. The molecule has 1 amide bonds. The Labute approximate surface area is 161 Å². The summed E-state index contributed by atoms with van der Waals surface area (Å²) in [6.45, 7) is 5.66. The molecule has 0 radical (unpaired) electrons. The van der Waals surface area contributed by atoms with Crippen LogP contribution in [0, 0.1) is 0 Å². The zero-order chi connectivity index (χ0) is 19.4. The fourth-order valence-electron chi connectivity index (χ4n) is 3.58. The van der Waals surface area contributed by atoms with Crippen molar-refractivity contribution in [1.29, 1.82) is 0 Å². The van der Waals surface area contributed by atoms with Gasteiger partial charge in [-0.2, -0.15) is 4.31 Å². The van der Waals surface area contributed by atoms with Crippen molar-refractivity contribution in [2.45, 2.75) is 63.4 Å². The number of aryl methyl sites for hydroxylation is 1. The number of fused-ring (bicyclic) bond motifs is 1. The Morgan fingerprint density at radius 2 is 1.81 bits per heavy atom. The molecular weight excluding hydrogens is 362 g/mol. The lowest BCUT2D eigenvalue weighted by Crippen LogP contribution is -2.31. The molecule has 0 aliphatic carbocycles. The van der Waals surface area contributed by atoms with Crippen molar-refractivity contribution in [3.05, 3.63) is 30.5 Å². The Hall–Kier alpha value is -1.86. The fourth-order valence-corrected chi connectivity index (χ4v) is 5.13. The van der Waals surface area contributed by atoms with Crippen LogP contribution in [0.4, 0.5) is 0 Å². The maximum Gasteiger partial charge on any atom is 0.243 e. The van der Waals surface area contributed by atoms with Crippen LogP contribution >= 0.6 is 0 Å². The topological polar surface area (TPSA) is 71.4 Å². The van der Waals surface area contributed by atoms with Gasteiger partial charge < -0.3 is 9.88 Å². The summed E-state index contributed by atoms with van der Waals surface area (Å²) in [7, 11) is -3.45. The highest BCUT2D eigenvalue weighted by molar-refractivity contribution is 7.89. The smallest absolute Gasteiger partial charge is 0.243 e. The standard InChI is InChI=1S/C20H29N3O3S/c1-16(2)21-20(24)10-14-22-13-9-17-15-18(7-8-19(17)22)27(25,26)23-11-5-3-4-6-12-23/h7-9,13,15-16H,3-6,10-12,14H2,1-2H3,(H,21,24). The molecule has 0 bridgehead atoms. The molecule has 0 spiro atoms. The van der Waals surface area contributed by atoms with Gasteiger partial charge in [0.05, 0.1) is 4.90 Å². The van der Waals surface area contributed by atoms with Crippen molar-refractivity contribution in [2.75, 3.05) is 13.1 Å². The van der Waals surface area contributed by atoms with E-state index >= 15 is 0 Å². The molecule has 0 atom stereocenters. The van der Waals surface area contributed by atoms with Crippen molar-refractivity contribution in [3.63, 3.8) is 0 Å². The number of rotatable bonds is 6. The van der Waals surface area contributed by atoms with E-state index in [-0.39, 0.29) is 11.9 Å². The number of benzene rings is 1. The van der Waals surface area contributed by atoms with Gasteiger partial charge in [-0.3, -0.25) is 4.79 Å². The summed E-state index contributed by atoms with van der Waals surface area (Å²) < 4.78 is 29.6. The predicted molar refractivity (Wildman–Crippen MR) is 107 cm³/mol. The molecule has 148 valence electrons. The number of carbonyl (C=O) groups is 1. The number of nitrogens with one attached hydrogen (secondary N) is 1. The van der Waals surface area contributed by atoms with Gasteiger partial charge in [0.25, 0.3) is 0 Å². The highest BCUT2D eigenvalue weighted by Crippen LogP contribution is 2.25. The quantitative estimate of drug-likeness (QED) is 0.822. The van der Waals surface area contributed by atoms with Crippen LogP contribution in [0.2, 0.25) is 0 Å². The number of hydrogen-bond acceptors (Lipinski definition) is 3. The van der Waals surface area contributed by atoms with Crippen LogP contribution in [0.25, 0.3) is 10.9 Å². The minimum absolute atomic E-state index is 0.0206. The van der Waals surface area contributed by atoms with Crippen LogP contribution in [0.5, 0.6) is 0 Å². The second-order valence-corrected chi connectivity index (χ2v) is 9.46. The number of hydrogen-bond donors (Lipinski definition) is 1. The fraction of sp³-hybridized carbons (Fsp3) is 0.550. The maximum atomic E-state index is 13.0. The zero-order valence-corrected chi connectivity index (χ0v) is 17.0. The monoisotopic (exact) mass is 391 g/mol. The lowest BCUT2D eigenvalue weighted by molar-refractivity contribution is -0.121. The molecule has 1 aromatic heterocycles. The van der Waals surface area contributed by atoms with E-state index in [2.05, 4.69) is 5.32 Å². The third-order valence-corrected chi connectivity index (χ3v) is 6.87. The van der Waals surface area contributed by atoms with Gasteiger partial charge in [-0.05, 0) is 51.0 Å². The van der Waals surface area contributed by atoms with E-state index in [1.54, 1.807) is 16.4 Å². The van der Waals surface area contributed by atoms with E-state index in [1.807, 2.05) is 36.7 Å². The second-order valence-electron chi connectivity index (χ2n) is 7.52. The van der Waals surface area contributed by atoms with Crippen LogP contribution in [-0.2, 0) is 21.4 Å². The van der Waals surface area contributed by atoms with Crippen molar-refractivity contribution in [2.24, 2.45) is 0 Å². The van der Waals surface area contributed by atoms with Crippen LogP contribution in [0.15, 0.2) is 35.4 Å². The molecule has 2 aromatic rings. The highest BCUT2D eigenvalue weighted by atomic mass is 32.2. The van der Waals surface area contributed by atoms with Gasteiger partial charge in [0.15, 0.2) is 0 Å². The molecule has 2 heterocycles. The SMILES string of the molecule is CC(C)NC(=O)CCn1ccc2cc(S(=O)(=O)N3CCCCCC3)ccc21. The van der Waals surface area contributed by atoms with Crippen molar-refractivity contribution in [3.8, 4) is 0 Å². The van der Waals surface area contributed by atoms with Gasteiger partial charge in [0, 0.05) is 49.2 Å². The van der Waals surface area contributed by atoms with E-state index in [0.717, 1.165) is 36.6 Å². The average molecular weight is 392 g/mol. The first-order valence-electron chi connectivity index (χ1n) is 9.76. The van der Waals surface area contributed by atoms with E-state index < -0.39 is 10.0 Å². The van der Waals surface area contributed by atoms with E-state index in [4.69, 9.17) is 0 Å². The Morgan fingerprint density at radius 1 is 1.11 bits per heavy atom. The molecule has 6 nitrogen and oxygen atoms in total. The molecular formula is C20H29N3O3S. The summed E-state index contributed by atoms with van der Waals surface area (Å²) in [5.74, 6) is 0.0206. The first-order chi connectivity index (χ1) is 12.9. The van der Waals surface area contributed by atoms with Crippen molar-refractivity contribution in [1.82, 2.24) is 14.2 Å². The van der Waals surface area contributed by atoms with E-state index in [1.165, 1.54) is 0 Å². The number of sulfonamides is 1. The number of carbonyl (C=O) groups excluding carboxylic acids is 1. The van der Waals surface area contributed by atoms with E-state index in [0.29, 0.717) is 31.0 Å². The average Bonchev–Trinajstić information content (AvgIpc) is 2.82. The summed E-state index contributed by atoms with van der Waals surface area (Å²) >= 11 is 0. The first-order valence-corrected chi connectivity index (χ1v) is 11.2. The predicted octanol–water partition coefficient (Wildman–Crippen LogP) is 3.12. The van der Waals surface area contributed by atoms with Gasteiger partial charge >= 0.3 is 0 Å². The second kappa shape index (κ2) is 8.44. The molecule has 1 saturated heterocycles. The third kappa shape index (κ3) is 4.71. The largest absolute Gasteiger partial charge is 0.354 e. The van der Waals surface area contributed by atoms with E-state index in [9.17, 15) is 13.2 Å². The minimum atomic E-state index is -3.45. The minimum Gasteiger partial charge on any atom is -0.354 e. The molecule has 1 aromatic carbocycles. The summed E-state index contributed by atoms with van der Waals surface area (Å²) in [6, 6.07) is 7.33. The highest BCUT2D eigenvalue weighted by Gasteiger charge is 2.25. The van der Waals surface area contributed by atoms with Gasteiger partial charge in [-0.15, -0.1) is 0 Å². The normalized spacial score (nSPS) is 16.6. The summed E-state index contributed by atoms with van der Waals surface area (Å²) in [4.78, 5) is 12.2. The lowest BCUT2D eigenvalue weighted by Gasteiger charge is -2.20. The Morgan fingerprint density at radius 3 is 2.48 bits per heavy atom. The Bertz CT molecular complexity index is 894. The molecule has 27 heavy (non-hydrogen) atoms. The summed E-state index contributed by atoms with van der Waals surface area (Å²) in [5.41, 5.74) is 0.946. The molecule has 1 aliphatic heterocycles. The number of aromatic nitrogens is 1. The van der Waals surface area contributed by atoms with Gasteiger partial charge in [0.1, 0.15) is 0 Å². The van der Waals surface area contributed by atoms with Crippen LogP contribution in [-0.4, -0.2) is 42.3 Å². The zero-order valence-electron chi connectivity index (χ0n) is 16.1. The summed E-state index contributed by atoms with van der Waals surface area (Å²) in [6.07, 6.45) is 6.36. The van der Waals surface area contributed by atoms with Crippen LogP contribution in [0.3, 0.4) is 0 Å².